The third-order valence-corrected chi connectivity index (χ3v) is 5.57. The maximum absolute atomic E-state index is 12.7. The zero-order valence-corrected chi connectivity index (χ0v) is 16.6. The van der Waals surface area contributed by atoms with Gasteiger partial charge in [0.1, 0.15) is 4.70 Å². The first-order valence-corrected chi connectivity index (χ1v) is 10.4. The Kier molecular flexibility index (Phi) is 7.92. The number of ether oxygens (including phenoxy) is 1. The second-order valence-corrected chi connectivity index (χ2v) is 7.51. The molecule has 138 valence electrons. The second kappa shape index (κ2) is 9.94. The molecule has 0 aliphatic carbocycles. The summed E-state index contributed by atoms with van der Waals surface area (Å²) in [5.74, 6) is 0.376. The minimum absolute atomic E-state index is 0.0639. The molecule has 2 rings (SSSR count). The molecular formula is C17H25N3O3S2. The number of methoxy groups -OCH3 is 1. The predicted octanol–water partition coefficient (Wildman–Crippen LogP) is 2.85. The monoisotopic (exact) mass is 383 g/mol. The highest BCUT2D eigenvalue weighted by Gasteiger charge is 2.16. The summed E-state index contributed by atoms with van der Waals surface area (Å²) in [4.78, 5) is 31.6. The maximum atomic E-state index is 12.7. The lowest BCUT2D eigenvalue weighted by molar-refractivity contribution is -0.128. The van der Waals surface area contributed by atoms with Crippen molar-refractivity contribution in [3.05, 3.63) is 21.8 Å². The van der Waals surface area contributed by atoms with Crippen molar-refractivity contribution in [2.24, 2.45) is 0 Å². The molecule has 1 amide bonds. The number of thiophene rings is 1. The topological polar surface area (TPSA) is 64.4 Å². The number of carbonyl (C=O) groups is 1. The molecule has 2 heterocycles. The van der Waals surface area contributed by atoms with Crippen LogP contribution in [0.2, 0.25) is 0 Å². The number of carbonyl (C=O) groups excluding carboxylic acids is 1. The van der Waals surface area contributed by atoms with Gasteiger partial charge in [0, 0.05) is 20.2 Å². The number of thioether (sulfide) groups is 1. The standard InChI is InChI=1S/C17H25N3O3S2/c1-4-7-19(8-5-2)14(21)12-25-17-18-13-6-11-24-15(13)16(22)20(17)9-10-23-3/h6,11H,4-5,7-10,12H2,1-3H3. The number of rotatable bonds is 10. The normalized spacial score (nSPS) is 11.2. The van der Waals surface area contributed by atoms with E-state index in [0.29, 0.717) is 28.5 Å². The molecule has 0 aliphatic rings. The first-order valence-electron chi connectivity index (χ1n) is 8.49. The Bertz CT molecular complexity index is 751. The summed E-state index contributed by atoms with van der Waals surface area (Å²) < 4.78 is 7.37. The quantitative estimate of drug-likeness (QED) is 0.466. The third-order valence-electron chi connectivity index (χ3n) is 3.71. The van der Waals surface area contributed by atoms with Crippen LogP contribution < -0.4 is 5.56 Å². The number of hydrogen-bond donors (Lipinski definition) is 0. The van der Waals surface area contributed by atoms with Crippen molar-refractivity contribution in [2.75, 3.05) is 32.6 Å². The molecule has 0 aromatic carbocycles. The first kappa shape index (κ1) is 19.9. The average Bonchev–Trinajstić information content (AvgIpc) is 3.07. The van der Waals surface area contributed by atoms with Gasteiger partial charge in [0.2, 0.25) is 5.91 Å². The van der Waals surface area contributed by atoms with Gasteiger partial charge in [-0.25, -0.2) is 4.98 Å². The summed E-state index contributed by atoms with van der Waals surface area (Å²) in [5.41, 5.74) is 0.628. The summed E-state index contributed by atoms with van der Waals surface area (Å²) in [7, 11) is 1.60. The maximum Gasteiger partial charge on any atom is 0.272 e. The van der Waals surface area contributed by atoms with E-state index in [-0.39, 0.29) is 17.2 Å². The van der Waals surface area contributed by atoms with E-state index in [1.165, 1.54) is 23.1 Å². The average molecular weight is 384 g/mol. The molecular weight excluding hydrogens is 358 g/mol. The van der Waals surface area contributed by atoms with E-state index in [1.54, 1.807) is 11.7 Å². The molecule has 0 spiro atoms. The number of aromatic nitrogens is 2. The molecule has 0 bridgehead atoms. The largest absolute Gasteiger partial charge is 0.383 e. The van der Waals surface area contributed by atoms with E-state index in [4.69, 9.17) is 4.74 Å². The lowest BCUT2D eigenvalue weighted by Crippen LogP contribution is -2.34. The predicted molar refractivity (Wildman–Crippen MR) is 104 cm³/mol. The van der Waals surface area contributed by atoms with E-state index in [0.717, 1.165) is 25.9 Å². The third kappa shape index (κ3) is 5.05. The van der Waals surface area contributed by atoms with Crippen LogP contribution in [-0.4, -0.2) is 52.9 Å². The van der Waals surface area contributed by atoms with E-state index in [2.05, 4.69) is 18.8 Å². The Hall–Kier alpha value is -1.38. The molecule has 0 saturated heterocycles. The van der Waals surface area contributed by atoms with Crippen LogP contribution in [0.25, 0.3) is 10.2 Å². The van der Waals surface area contributed by atoms with Crippen LogP contribution in [0.5, 0.6) is 0 Å². The molecule has 0 atom stereocenters. The van der Waals surface area contributed by atoms with Crippen molar-refractivity contribution in [1.29, 1.82) is 0 Å². The molecule has 0 aliphatic heterocycles. The molecule has 6 nitrogen and oxygen atoms in total. The van der Waals surface area contributed by atoms with Gasteiger partial charge < -0.3 is 9.64 Å². The lowest BCUT2D eigenvalue weighted by atomic mass is 10.3. The van der Waals surface area contributed by atoms with E-state index < -0.39 is 0 Å². The Morgan fingerprint density at radius 2 is 2.08 bits per heavy atom. The van der Waals surface area contributed by atoms with Crippen LogP contribution in [0.4, 0.5) is 0 Å². The van der Waals surface area contributed by atoms with Crippen LogP contribution in [0.1, 0.15) is 26.7 Å². The van der Waals surface area contributed by atoms with Gasteiger partial charge in [-0.1, -0.05) is 25.6 Å². The van der Waals surface area contributed by atoms with Gasteiger partial charge in [0.15, 0.2) is 5.16 Å². The highest BCUT2D eigenvalue weighted by molar-refractivity contribution is 7.99. The van der Waals surface area contributed by atoms with Crippen molar-refractivity contribution < 1.29 is 9.53 Å². The smallest absolute Gasteiger partial charge is 0.272 e. The molecule has 2 aromatic rings. The molecule has 0 fully saturated rings. The number of fused-ring (bicyclic) bond motifs is 1. The van der Waals surface area contributed by atoms with Gasteiger partial charge in [-0.15, -0.1) is 11.3 Å². The van der Waals surface area contributed by atoms with Crippen LogP contribution >= 0.6 is 23.1 Å². The fourth-order valence-electron chi connectivity index (χ4n) is 2.53. The fourth-order valence-corrected chi connectivity index (χ4v) is 4.24. The number of hydrogen-bond acceptors (Lipinski definition) is 6. The Labute approximate surface area is 156 Å². The molecule has 0 unspecified atom stereocenters. The summed E-state index contributed by atoms with van der Waals surface area (Å²) in [6, 6.07) is 1.84. The second-order valence-electron chi connectivity index (χ2n) is 5.65. The SMILES string of the molecule is CCCN(CCC)C(=O)CSc1nc2ccsc2c(=O)n1CCOC. The summed E-state index contributed by atoms with van der Waals surface area (Å²) in [6.45, 7) is 6.52. The zero-order chi connectivity index (χ0) is 18.2. The highest BCUT2D eigenvalue weighted by Crippen LogP contribution is 2.21. The lowest BCUT2D eigenvalue weighted by Gasteiger charge is -2.21. The Morgan fingerprint density at radius 1 is 1.36 bits per heavy atom. The van der Waals surface area contributed by atoms with E-state index >= 15 is 0 Å². The van der Waals surface area contributed by atoms with Gasteiger partial charge in [0.05, 0.1) is 24.4 Å². The molecule has 2 aromatic heterocycles. The molecule has 0 saturated carbocycles. The Balaban J connectivity index is 2.21. The first-order chi connectivity index (χ1) is 12.1. The fraction of sp³-hybridized carbons (Fsp3) is 0.588. The van der Waals surface area contributed by atoms with Crippen molar-refractivity contribution in [3.8, 4) is 0 Å². The van der Waals surface area contributed by atoms with Gasteiger partial charge in [0.25, 0.3) is 5.56 Å². The van der Waals surface area contributed by atoms with E-state index in [9.17, 15) is 9.59 Å². The van der Waals surface area contributed by atoms with Gasteiger partial charge >= 0.3 is 0 Å². The zero-order valence-electron chi connectivity index (χ0n) is 15.0. The minimum atomic E-state index is -0.0639. The summed E-state index contributed by atoms with van der Waals surface area (Å²) >= 11 is 2.72. The van der Waals surface area contributed by atoms with Gasteiger partial charge in [-0.2, -0.15) is 0 Å². The van der Waals surface area contributed by atoms with Crippen LogP contribution in [0, 0.1) is 0 Å². The van der Waals surface area contributed by atoms with Crippen molar-refractivity contribution in [1.82, 2.24) is 14.5 Å². The summed E-state index contributed by atoms with van der Waals surface area (Å²) in [6.07, 6.45) is 1.88. The minimum Gasteiger partial charge on any atom is -0.383 e. The Morgan fingerprint density at radius 3 is 2.72 bits per heavy atom. The number of amides is 1. The van der Waals surface area contributed by atoms with Gasteiger partial charge in [-0.05, 0) is 24.3 Å². The van der Waals surface area contributed by atoms with Crippen LogP contribution in [-0.2, 0) is 16.1 Å². The highest BCUT2D eigenvalue weighted by atomic mass is 32.2. The van der Waals surface area contributed by atoms with Crippen LogP contribution in [0.3, 0.4) is 0 Å². The van der Waals surface area contributed by atoms with Crippen LogP contribution in [0.15, 0.2) is 21.4 Å². The van der Waals surface area contributed by atoms with Crippen molar-refractivity contribution in [2.45, 2.75) is 38.4 Å². The van der Waals surface area contributed by atoms with Gasteiger partial charge in [-0.3, -0.25) is 14.2 Å². The summed E-state index contributed by atoms with van der Waals surface area (Å²) in [5, 5.41) is 2.44. The van der Waals surface area contributed by atoms with E-state index in [1.807, 2.05) is 16.3 Å². The number of nitrogens with zero attached hydrogens (tertiary/aromatic N) is 3. The molecule has 0 N–H and O–H groups in total. The molecule has 8 heteroatoms. The molecule has 25 heavy (non-hydrogen) atoms. The van der Waals surface area contributed by atoms with Crippen molar-refractivity contribution in [3.63, 3.8) is 0 Å². The molecule has 0 radical (unpaired) electrons. The van der Waals surface area contributed by atoms with Crippen molar-refractivity contribution >= 4 is 39.2 Å².